The van der Waals surface area contributed by atoms with E-state index in [9.17, 15) is 4.79 Å². The van der Waals surface area contributed by atoms with Gasteiger partial charge < -0.3 is 32.6 Å². The molecule has 16 rings (SSSR count). The fourth-order valence-electron chi connectivity index (χ4n) is 12.9. The van der Waals surface area contributed by atoms with Crippen molar-refractivity contribution in [3.8, 4) is 44.6 Å². The molecule has 0 N–H and O–H groups in total. The van der Waals surface area contributed by atoms with Gasteiger partial charge in [0, 0.05) is 118 Å². The summed E-state index contributed by atoms with van der Waals surface area (Å²) in [6.45, 7) is 10.1. The number of aliphatic imine (C=N–C) groups is 1. The first kappa shape index (κ1) is 66.5. The van der Waals surface area contributed by atoms with Gasteiger partial charge in [0.25, 0.3) is 0 Å². The standard InChI is InChI=1S/C32H36N4O2S.C18H20BN3O2.C13H10IN3.C13H9IN2/c1-20-7-9-21(10-8-20)26-19-35(2)17-15-24(26)25-18-28(39-29(25)32(37)38-4)22-11-13-23(14-12-22)30-34-27-6-5-16-33-31(27)36(30)3;1-18(2)11-23-19(24-12-18)14-8-6-13(7-9-14)16-21-15-5-4-10-20-17(15)22(16)3;1-17-12(9-4-6-10(14)7-5-9)16-11-3-2-8-15-13(11)17;14-10-5-3-9(4-6-10)12-8-13-11(16-12)2-1-7-15-13/h5-6,11-14,16,18,20-21H,7-10,15,17,19H2,1-4H3;4-10H,11-12H2,1-3H3;2-8H,1H3;1-7H,8H2. The Kier molecular flexibility index (Phi) is 20.3. The molecule has 0 amide bonds. The second kappa shape index (κ2) is 29.3. The van der Waals surface area contributed by atoms with Crippen LogP contribution in [0.25, 0.3) is 83.7 Å². The first-order valence-electron chi connectivity index (χ1n) is 32.5. The maximum absolute atomic E-state index is 13.0. The monoisotopic (exact) mass is 1520 g/mol. The lowest BCUT2D eigenvalue weighted by atomic mass is 9.75. The van der Waals surface area contributed by atoms with Crippen molar-refractivity contribution in [2.45, 2.75) is 59.3 Å². The lowest BCUT2D eigenvalue weighted by Crippen LogP contribution is -2.47. The predicted molar refractivity (Wildman–Crippen MR) is 404 cm³/mol. The van der Waals surface area contributed by atoms with E-state index in [0.717, 1.165) is 143 Å². The van der Waals surface area contributed by atoms with Crippen molar-refractivity contribution >= 4 is 126 Å². The molecule has 11 heterocycles. The summed E-state index contributed by atoms with van der Waals surface area (Å²) in [5, 5.41) is 0. The maximum atomic E-state index is 13.0. The zero-order valence-electron chi connectivity index (χ0n) is 55.2. The number of hydrogen-bond donors (Lipinski definition) is 0. The molecule has 0 unspecified atom stereocenters. The molecular formula is C76H75BI2N12O4S. The van der Waals surface area contributed by atoms with Gasteiger partial charge in [0.1, 0.15) is 38.9 Å². The Balaban J connectivity index is 0.000000124. The summed E-state index contributed by atoms with van der Waals surface area (Å²) >= 11 is 6.15. The number of halogens is 2. The number of ether oxygens (including phenoxy) is 1. The van der Waals surface area contributed by atoms with Gasteiger partial charge >= 0.3 is 13.1 Å². The number of aryl methyl sites for hydroxylation is 3. The van der Waals surface area contributed by atoms with Gasteiger partial charge in [-0.3, -0.25) is 9.98 Å². The van der Waals surface area contributed by atoms with E-state index in [-0.39, 0.29) is 18.5 Å². The van der Waals surface area contributed by atoms with Gasteiger partial charge in [-0.1, -0.05) is 106 Å². The molecule has 2 fully saturated rings. The van der Waals surface area contributed by atoms with Gasteiger partial charge in [0.2, 0.25) is 0 Å². The van der Waals surface area contributed by atoms with E-state index in [2.05, 4.69) is 204 Å². The second-order valence-corrected chi connectivity index (χ2v) is 29.4. The molecule has 1 aliphatic carbocycles. The van der Waals surface area contributed by atoms with Crippen LogP contribution in [0.1, 0.15) is 79.4 Å². The van der Waals surface area contributed by atoms with Crippen LogP contribution in [0.15, 0.2) is 187 Å². The van der Waals surface area contributed by atoms with Crippen molar-refractivity contribution in [2.75, 3.05) is 40.5 Å². The smallest absolute Gasteiger partial charge is 0.465 e. The Labute approximate surface area is 591 Å². The highest BCUT2D eigenvalue weighted by molar-refractivity contribution is 14.1. The Hall–Kier alpha value is -8.13. The lowest BCUT2D eigenvalue weighted by molar-refractivity contribution is 0.0343. The Morgan fingerprint density at radius 3 is 1.57 bits per heavy atom. The van der Waals surface area contributed by atoms with Gasteiger partial charge in [-0.15, -0.1) is 11.3 Å². The van der Waals surface area contributed by atoms with Crippen LogP contribution in [0.3, 0.4) is 0 Å². The predicted octanol–water partition coefficient (Wildman–Crippen LogP) is 16.1. The van der Waals surface area contributed by atoms with E-state index in [1.165, 1.54) is 56.6 Å². The molecule has 0 bridgehead atoms. The first-order valence-corrected chi connectivity index (χ1v) is 35.4. The molecule has 4 aliphatic rings. The number of carbonyl (C=O) groups excluding carboxylic acids is 1. The van der Waals surface area contributed by atoms with Crippen LogP contribution >= 0.6 is 56.5 Å². The second-order valence-electron chi connectivity index (χ2n) is 25.9. The minimum atomic E-state index is -0.283. The highest BCUT2D eigenvalue weighted by atomic mass is 127. The molecule has 0 atom stereocenters. The maximum Gasteiger partial charge on any atom is 0.493 e. The number of carbonyl (C=O) groups is 1. The molecule has 0 spiro atoms. The van der Waals surface area contributed by atoms with E-state index in [1.54, 1.807) is 29.9 Å². The minimum Gasteiger partial charge on any atom is -0.465 e. The number of thiophene rings is 1. The number of rotatable bonds is 9. The molecular weight excluding hydrogens is 1440 g/mol. The Morgan fingerprint density at radius 1 is 0.604 bits per heavy atom. The Morgan fingerprint density at radius 2 is 1.07 bits per heavy atom. The van der Waals surface area contributed by atoms with Crippen molar-refractivity contribution in [1.82, 2.24) is 53.5 Å². The van der Waals surface area contributed by atoms with Gasteiger partial charge in [0.05, 0.1) is 24.2 Å². The summed E-state index contributed by atoms with van der Waals surface area (Å²) in [5.74, 6) is 3.92. The molecule has 3 aliphatic heterocycles. The summed E-state index contributed by atoms with van der Waals surface area (Å²) in [5.41, 5.74) is 19.2. The third kappa shape index (κ3) is 14.7. The van der Waals surface area contributed by atoms with E-state index in [1.807, 2.05) is 102 Å². The number of fused-ring (bicyclic) bond motifs is 4. The summed E-state index contributed by atoms with van der Waals surface area (Å²) in [4.78, 5) is 53.5. The van der Waals surface area contributed by atoms with Crippen molar-refractivity contribution in [1.29, 1.82) is 0 Å². The normalized spacial score (nSPS) is 16.9. The van der Waals surface area contributed by atoms with Gasteiger partial charge in [0.15, 0.2) is 16.9 Å². The van der Waals surface area contributed by atoms with Crippen molar-refractivity contribution < 1.29 is 18.8 Å². The van der Waals surface area contributed by atoms with E-state index in [4.69, 9.17) is 19.0 Å². The van der Waals surface area contributed by atoms with Gasteiger partial charge in [-0.2, -0.15) is 0 Å². The molecule has 12 aromatic rings. The topological polar surface area (TPSA) is 165 Å². The van der Waals surface area contributed by atoms with Crippen LogP contribution in [0.2, 0.25) is 0 Å². The average molecular weight is 1520 g/mol. The number of imidazole rings is 3. The number of methoxy groups -OCH3 is 1. The zero-order chi connectivity index (χ0) is 66.6. The summed E-state index contributed by atoms with van der Waals surface area (Å²) in [7, 11) is 9.40. The van der Waals surface area contributed by atoms with Crippen LogP contribution < -0.4 is 5.46 Å². The fourth-order valence-corrected chi connectivity index (χ4v) is 14.8. The zero-order valence-corrected chi connectivity index (χ0v) is 60.3. The number of nitrogens with zero attached hydrogens (tertiary/aromatic N) is 12. The van der Waals surface area contributed by atoms with Crippen LogP contribution in [0.4, 0.5) is 5.69 Å². The number of aromatic nitrogens is 10. The molecule has 0 radical (unpaired) electrons. The van der Waals surface area contributed by atoms with E-state index < -0.39 is 0 Å². The number of benzene rings is 4. The van der Waals surface area contributed by atoms with Crippen LogP contribution in [0.5, 0.6) is 0 Å². The molecule has 1 saturated carbocycles. The molecule has 16 nitrogen and oxygen atoms in total. The molecule has 8 aromatic heterocycles. The fraction of sp³-hybridized carbons (Fsp3) is 0.276. The minimum absolute atomic E-state index is 0.0799. The summed E-state index contributed by atoms with van der Waals surface area (Å²) < 4.78 is 25.5. The van der Waals surface area contributed by atoms with E-state index in [0.29, 0.717) is 19.1 Å². The van der Waals surface area contributed by atoms with Crippen molar-refractivity contribution in [2.24, 2.45) is 43.4 Å². The lowest BCUT2D eigenvalue weighted by Gasteiger charge is -2.35. The molecule has 20 heteroatoms. The number of hydrogen-bond acceptors (Lipinski definition) is 14. The SMILES string of the molecule is COC(=O)c1sc(-c2ccc(-c3nc4cccnc4n3C)cc2)cc1C1=C(C2CCC(C)CC2)CN(C)CC1.Cn1c(-c2ccc(B3OCC(C)(C)CO3)cc2)nc2cccnc21.Cn1c(-c2ccc(I)cc2)nc2cccnc21.Ic1ccc(C2=Nc3cccnc3C2)cc1. The molecule has 4 aromatic carbocycles. The summed E-state index contributed by atoms with van der Waals surface area (Å²) in [6.07, 6.45) is 14.1. The summed E-state index contributed by atoms with van der Waals surface area (Å²) in [6, 6.07) is 51.3. The first-order chi connectivity index (χ1) is 46.5. The highest BCUT2D eigenvalue weighted by Crippen LogP contribution is 2.44. The number of likely N-dealkylation sites (N-methyl/N-ethyl adjacent to an activating group) is 1. The number of esters is 1. The van der Waals surface area contributed by atoms with Gasteiger partial charge in [-0.05, 0) is 190 Å². The highest BCUT2D eigenvalue weighted by Gasteiger charge is 2.34. The third-order valence-corrected chi connectivity index (χ3v) is 20.9. The van der Waals surface area contributed by atoms with Crippen LogP contribution in [0, 0.1) is 24.4 Å². The average Bonchev–Trinajstić information content (AvgIpc) is 1.57. The van der Waals surface area contributed by atoms with Crippen LogP contribution in [-0.4, -0.2) is 113 Å². The van der Waals surface area contributed by atoms with Gasteiger partial charge in [-0.25, -0.2) is 34.7 Å². The van der Waals surface area contributed by atoms with Crippen molar-refractivity contribution in [3.05, 3.63) is 211 Å². The van der Waals surface area contributed by atoms with E-state index >= 15 is 0 Å². The molecule has 1 saturated heterocycles. The van der Waals surface area contributed by atoms with Crippen molar-refractivity contribution in [3.63, 3.8) is 0 Å². The third-order valence-electron chi connectivity index (χ3n) is 18.2. The molecule has 486 valence electrons. The largest absolute Gasteiger partial charge is 0.493 e. The molecule has 96 heavy (non-hydrogen) atoms. The van der Waals surface area contributed by atoms with Crippen LogP contribution in [-0.2, 0) is 41.6 Å². The number of pyridine rings is 4. The Bertz CT molecular complexity index is 4810. The quantitative estimate of drug-likeness (QED) is 0.0764.